The van der Waals surface area contributed by atoms with Crippen molar-refractivity contribution in [2.24, 2.45) is 5.14 Å². The zero-order chi connectivity index (χ0) is 19.7. The van der Waals surface area contributed by atoms with Crippen LogP contribution in [0.2, 0.25) is 0 Å². The Kier molecular flexibility index (Phi) is 7.63. The van der Waals surface area contributed by atoms with Gasteiger partial charge in [-0.2, -0.15) is 0 Å². The zero-order valence-corrected chi connectivity index (χ0v) is 16.1. The molecule has 4 N–H and O–H groups in total. The van der Waals surface area contributed by atoms with Gasteiger partial charge in [-0.05, 0) is 48.6 Å². The molecule has 7 nitrogen and oxygen atoms in total. The van der Waals surface area contributed by atoms with Crippen LogP contribution in [0, 0.1) is 0 Å². The van der Waals surface area contributed by atoms with E-state index in [4.69, 9.17) is 9.88 Å². The average molecular weight is 391 g/mol. The van der Waals surface area contributed by atoms with E-state index < -0.39 is 10.0 Å². The molecule has 0 aliphatic heterocycles. The Hall–Kier alpha value is -2.58. The number of amides is 2. The summed E-state index contributed by atoms with van der Waals surface area (Å²) in [6.07, 6.45) is 2.05. The van der Waals surface area contributed by atoms with Crippen LogP contribution in [-0.2, 0) is 22.9 Å². The molecule has 0 bridgehead atoms. The van der Waals surface area contributed by atoms with E-state index in [2.05, 4.69) is 22.8 Å². The van der Waals surface area contributed by atoms with Crippen molar-refractivity contribution in [3.63, 3.8) is 0 Å². The molecule has 0 atom stereocenters. The molecule has 0 saturated heterocycles. The molecule has 0 radical (unpaired) electrons. The summed E-state index contributed by atoms with van der Waals surface area (Å²) >= 11 is 0. The molecular weight excluding hydrogens is 366 g/mol. The minimum Gasteiger partial charge on any atom is -0.497 e. The lowest BCUT2D eigenvalue weighted by molar-refractivity contribution is 0.241. The number of primary sulfonamides is 1. The van der Waals surface area contributed by atoms with Crippen LogP contribution in [0.15, 0.2) is 53.4 Å². The number of carbonyl (C=O) groups excluding carboxylic acids is 1. The Bertz CT molecular complexity index is 855. The molecule has 2 amide bonds. The fourth-order valence-corrected chi connectivity index (χ4v) is 3.45. The van der Waals surface area contributed by atoms with Crippen molar-refractivity contribution >= 4 is 16.1 Å². The third-order valence-electron chi connectivity index (χ3n) is 4.02. The van der Waals surface area contributed by atoms with E-state index in [9.17, 15) is 13.2 Å². The Morgan fingerprint density at radius 2 is 1.74 bits per heavy atom. The Balaban J connectivity index is 1.77. The molecule has 146 valence electrons. The maximum absolute atomic E-state index is 11.9. The zero-order valence-electron chi connectivity index (χ0n) is 15.3. The first-order valence-electron chi connectivity index (χ1n) is 8.65. The molecule has 2 aromatic rings. The largest absolute Gasteiger partial charge is 0.497 e. The van der Waals surface area contributed by atoms with Gasteiger partial charge >= 0.3 is 6.03 Å². The molecule has 27 heavy (non-hydrogen) atoms. The van der Waals surface area contributed by atoms with Gasteiger partial charge in [-0.3, -0.25) is 0 Å². The fourth-order valence-electron chi connectivity index (χ4n) is 2.67. The summed E-state index contributed by atoms with van der Waals surface area (Å²) in [5, 5.41) is 10.7. The van der Waals surface area contributed by atoms with Gasteiger partial charge in [-0.25, -0.2) is 18.4 Å². The van der Waals surface area contributed by atoms with E-state index in [-0.39, 0.29) is 17.5 Å². The third kappa shape index (κ3) is 6.92. The summed E-state index contributed by atoms with van der Waals surface area (Å²) in [5.41, 5.74) is 1.73. The fraction of sp³-hybridized carbons (Fsp3) is 0.316. The number of nitrogens with one attached hydrogen (secondary N) is 2. The normalized spacial score (nSPS) is 11.0. The highest BCUT2D eigenvalue weighted by Crippen LogP contribution is 2.21. The monoisotopic (exact) mass is 391 g/mol. The van der Waals surface area contributed by atoms with E-state index in [1.807, 2.05) is 18.2 Å². The first-order chi connectivity index (χ1) is 12.9. The highest BCUT2D eigenvalue weighted by atomic mass is 32.2. The maximum Gasteiger partial charge on any atom is 0.314 e. The van der Waals surface area contributed by atoms with Crippen LogP contribution in [0.4, 0.5) is 4.79 Å². The molecule has 0 spiro atoms. The Morgan fingerprint density at radius 1 is 1.04 bits per heavy atom. The van der Waals surface area contributed by atoms with Gasteiger partial charge in [0.2, 0.25) is 10.0 Å². The lowest BCUT2D eigenvalue weighted by atomic mass is 10.1. The Labute approximate surface area is 160 Å². The molecule has 0 unspecified atom stereocenters. The van der Waals surface area contributed by atoms with Gasteiger partial charge in [0.05, 0.1) is 12.0 Å². The summed E-state index contributed by atoms with van der Waals surface area (Å²) < 4.78 is 28.5. The highest BCUT2D eigenvalue weighted by molar-refractivity contribution is 7.89. The standard InChI is InChI=1S/C19H25N3O4S/c1-26-17-9-10-18(27(20,24)25)16(14-17)11-13-22-19(23)21-12-5-8-15-6-3-2-4-7-15/h2-4,6-7,9-10,14H,5,8,11-13H2,1H3,(H2,20,24,25)(H2,21,22,23). The smallest absolute Gasteiger partial charge is 0.314 e. The predicted octanol–water partition coefficient (Wildman–Crippen LogP) is 1.82. The summed E-state index contributed by atoms with van der Waals surface area (Å²) in [6, 6.07) is 14.3. The van der Waals surface area contributed by atoms with Crippen molar-refractivity contribution in [1.29, 1.82) is 0 Å². The molecule has 8 heteroatoms. The molecule has 0 aliphatic carbocycles. The topological polar surface area (TPSA) is 111 Å². The first-order valence-corrected chi connectivity index (χ1v) is 10.2. The van der Waals surface area contributed by atoms with Gasteiger partial charge in [0, 0.05) is 13.1 Å². The summed E-state index contributed by atoms with van der Waals surface area (Å²) in [7, 11) is -2.34. The van der Waals surface area contributed by atoms with Crippen LogP contribution in [-0.4, -0.2) is 34.6 Å². The van der Waals surface area contributed by atoms with Crippen molar-refractivity contribution < 1.29 is 17.9 Å². The quantitative estimate of drug-likeness (QED) is 0.566. The number of benzene rings is 2. The number of rotatable bonds is 9. The van der Waals surface area contributed by atoms with E-state index in [1.165, 1.54) is 24.8 Å². The van der Waals surface area contributed by atoms with E-state index in [0.29, 0.717) is 24.3 Å². The number of aryl methyl sites for hydroxylation is 1. The Morgan fingerprint density at radius 3 is 2.41 bits per heavy atom. The van der Waals surface area contributed by atoms with Gasteiger partial charge in [-0.15, -0.1) is 0 Å². The molecule has 2 rings (SSSR count). The lowest BCUT2D eigenvalue weighted by Gasteiger charge is -2.11. The van der Waals surface area contributed by atoms with Crippen LogP contribution >= 0.6 is 0 Å². The van der Waals surface area contributed by atoms with E-state index >= 15 is 0 Å². The molecule has 2 aromatic carbocycles. The van der Waals surface area contributed by atoms with Crippen molar-refractivity contribution in [3.05, 3.63) is 59.7 Å². The number of nitrogens with two attached hydrogens (primary N) is 1. The number of sulfonamides is 1. The van der Waals surface area contributed by atoms with Gasteiger partial charge in [0.15, 0.2) is 0 Å². The van der Waals surface area contributed by atoms with Crippen molar-refractivity contribution in [1.82, 2.24) is 10.6 Å². The molecular formula is C19H25N3O4S. The summed E-state index contributed by atoms with van der Waals surface area (Å²) in [4.78, 5) is 11.9. The van der Waals surface area contributed by atoms with E-state index in [0.717, 1.165) is 12.8 Å². The molecule has 0 aliphatic rings. The number of methoxy groups -OCH3 is 1. The second-order valence-electron chi connectivity index (χ2n) is 6.04. The van der Waals surface area contributed by atoms with Crippen LogP contribution in [0.1, 0.15) is 17.5 Å². The van der Waals surface area contributed by atoms with E-state index in [1.54, 1.807) is 6.07 Å². The van der Waals surface area contributed by atoms with Gasteiger partial charge < -0.3 is 15.4 Å². The number of carbonyl (C=O) groups is 1. The highest BCUT2D eigenvalue weighted by Gasteiger charge is 2.14. The molecule has 0 aromatic heterocycles. The van der Waals surface area contributed by atoms with Gasteiger partial charge in [0.25, 0.3) is 0 Å². The van der Waals surface area contributed by atoms with Gasteiger partial charge in [0.1, 0.15) is 5.75 Å². The third-order valence-corrected chi connectivity index (χ3v) is 5.04. The number of urea groups is 1. The van der Waals surface area contributed by atoms with Crippen molar-refractivity contribution in [3.8, 4) is 5.75 Å². The summed E-state index contributed by atoms with van der Waals surface area (Å²) in [6.45, 7) is 0.836. The van der Waals surface area contributed by atoms with Crippen LogP contribution in [0.25, 0.3) is 0 Å². The maximum atomic E-state index is 11.9. The molecule has 0 fully saturated rings. The summed E-state index contributed by atoms with van der Waals surface area (Å²) in [5.74, 6) is 0.530. The molecule has 0 heterocycles. The molecule has 0 saturated carbocycles. The van der Waals surface area contributed by atoms with Gasteiger partial charge in [-0.1, -0.05) is 30.3 Å². The van der Waals surface area contributed by atoms with Crippen LogP contribution in [0.3, 0.4) is 0 Å². The second-order valence-corrected chi connectivity index (χ2v) is 7.57. The van der Waals surface area contributed by atoms with Crippen molar-refractivity contribution in [2.45, 2.75) is 24.2 Å². The lowest BCUT2D eigenvalue weighted by Crippen LogP contribution is -2.37. The minimum absolute atomic E-state index is 0.0355. The SMILES string of the molecule is COc1ccc(S(N)(=O)=O)c(CCNC(=O)NCCCc2ccccc2)c1. The number of hydrogen-bond acceptors (Lipinski definition) is 4. The van der Waals surface area contributed by atoms with Crippen LogP contribution in [0.5, 0.6) is 5.75 Å². The minimum atomic E-state index is -3.84. The average Bonchev–Trinajstić information content (AvgIpc) is 2.65. The second kappa shape index (κ2) is 9.94. The van der Waals surface area contributed by atoms with Crippen molar-refractivity contribution in [2.75, 3.05) is 20.2 Å². The first kappa shape index (κ1) is 20.7. The number of ether oxygens (including phenoxy) is 1. The number of hydrogen-bond donors (Lipinski definition) is 3. The predicted molar refractivity (Wildman–Crippen MR) is 104 cm³/mol. The van der Waals surface area contributed by atoms with Crippen LogP contribution < -0.4 is 20.5 Å².